The molecule has 5 heteroatoms. The van der Waals surface area contributed by atoms with Crippen molar-refractivity contribution in [1.29, 1.82) is 0 Å². The number of benzene rings is 1. The number of aliphatic hydroxyl groups excluding tert-OH is 1. The lowest BCUT2D eigenvalue weighted by atomic mass is 10.1. The highest BCUT2D eigenvalue weighted by Gasteiger charge is 2.18. The highest BCUT2D eigenvalue weighted by molar-refractivity contribution is 5.55. The van der Waals surface area contributed by atoms with Crippen molar-refractivity contribution in [3.63, 3.8) is 0 Å². The molecule has 0 saturated carbocycles. The van der Waals surface area contributed by atoms with E-state index in [0.717, 1.165) is 18.5 Å². The van der Waals surface area contributed by atoms with E-state index in [1.54, 1.807) is 13.0 Å². The Morgan fingerprint density at radius 1 is 1.37 bits per heavy atom. The van der Waals surface area contributed by atoms with Crippen LogP contribution in [0.25, 0.3) is 0 Å². The zero-order valence-electron chi connectivity index (χ0n) is 11.8. The highest BCUT2D eigenvalue weighted by atomic mass is 16.6. The number of hydrogen-bond acceptors (Lipinski definition) is 4. The molecule has 19 heavy (non-hydrogen) atoms. The summed E-state index contributed by atoms with van der Waals surface area (Å²) in [6.07, 6.45) is 1.96. The molecule has 0 fully saturated rings. The van der Waals surface area contributed by atoms with Gasteiger partial charge in [0.15, 0.2) is 0 Å². The van der Waals surface area contributed by atoms with Crippen molar-refractivity contribution in [2.45, 2.75) is 39.7 Å². The number of aryl methyl sites for hydroxylation is 1. The van der Waals surface area contributed by atoms with Gasteiger partial charge >= 0.3 is 0 Å². The minimum atomic E-state index is -0.368. The van der Waals surface area contributed by atoms with Crippen LogP contribution in [-0.2, 0) is 0 Å². The van der Waals surface area contributed by atoms with E-state index in [2.05, 4.69) is 18.7 Å². The van der Waals surface area contributed by atoms with Crippen molar-refractivity contribution in [3.05, 3.63) is 33.9 Å². The van der Waals surface area contributed by atoms with Crippen LogP contribution in [-0.4, -0.2) is 29.2 Å². The summed E-state index contributed by atoms with van der Waals surface area (Å²) in [5.41, 5.74) is 1.72. The lowest BCUT2D eigenvalue weighted by Gasteiger charge is -2.32. The Morgan fingerprint density at radius 3 is 2.42 bits per heavy atom. The fraction of sp³-hybridized carbons (Fsp3) is 0.571. The number of anilines is 1. The molecule has 0 aliphatic rings. The Hall–Kier alpha value is -1.62. The van der Waals surface area contributed by atoms with Crippen molar-refractivity contribution in [3.8, 4) is 0 Å². The molecular weight excluding hydrogens is 244 g/mol. The van der Waals surface area contributed by atoms with Crippen molar-refractivity contribution in [2.75, 3.05) is 18.1 Å². The van der Waals surface area contributed by atoms with Gasteiger partial charge in [-0.05, 0) is 31.9 Å². The average molecular weight is 266 g/mol. The zero-order chi connectivity index (χ0) is 14.4. The summed E-state index contributed by atoms with van der Waals surface area (Å²) >= 11 is 0. The molecule has 0 bridgehead atoms. The molecule has 0 aliphatic carbocycles. The molecule has 106 valence electrons. The zero-order valence-corrected chi connectivity index (χ0v) is 11.8. The first-order valence-corrected chi connectivity index (χ1v) is 6.67. The molecular formula is C14H22N2O3. The van der Waals surface area contributed by atoms with E-state index < -0.39 is 0 Å². The van der Waals surface area contributed by atoms with Crippen LogP contribution in [0.5, 0.6) is 0 Å². The molecule has 1 rings (SSSR count). The van der Waals surface area contributed by atoms with Crippen LogP contribution in [0.15, 0.2) is 18.2 Å². The van der Waals surface area contributed by atoms with Gasteiger partial charge in [-0.25, -0.2) is 0 Å². The van der Waals surface area contributed by atoms with Crippen LogP contribution in [0.4, 0.5) is 11.4 Å². The molecule has 5 nitrogen and oxygen atoms in total. The monoisotopic (exact) mass is 266 g/mol. The largest absolute Gasteiger partial charge is 0.395 e. The lowest BCUT2D eigenvalue weighted by molar-refractivity contribution is -0.385. The molecule has 0 aliphatic heterocycles. The van der Waals surface area contributed by atoms with E-state index in [4.69, 9.17) is 0 Å². The second kappa shape index (κ2) is 7.09. The number of nitrogens with zero attached hydrogens (tertiary/aromatic N) is 2. The van der Waals surface area contributed by atoms with E-state index in [-0.39, 0.29) is 17.2 Å². The van der Waals surface area contributed by atoms with Crippen LogP contribution in [0.1, 0.15) is 32.3 Å². The van der Waals surface area contributed by atoms with Crippen LogP contribution in [0, 0.1) is 17.0 Å². The molecule has 0 saturated heterocycles. The molecule has 0 heterocycles. The third-order valence-electron chi connectivity index (χ3n) is 3.43. The summed E-state index contributed by atoms with van der Waals surface area (Å²) in [6.45, 7) is 6.58. The van der Waals surface area contributed by atoms with Gasteiger partial charge in [0, 0.05) is 29.9 Å². The maximum atomic E-state index is 10.8. The van der Waals surface area contributed by atoms with Crippen molar-refractivity contribution in [1.82, 2.24) is 0 Å². The topological polar surface area (TPSA) is 66.6 Å². The first-order valence-electron chi connectivity index (χ1n) is 6.67. The first-order chi connectivity index (χ1) is 9.04. The van der Waals surface area contributed by atoms with E-state index in [1.165, 1.54) is 6.07 Å². The van der Waals surface area contributed by atoms with Gasteiger partial charge in [0.05, 0.1) is 11.5 Å². The fourth-order valence-corrected chi connectivity index (χ4v) is 2.38. The first kappa shape index (κ1) is 15.4. The van der Waals surface area contributed by atoms with Gasteiger partial charge in [0.25, 0.3) is 5.69 Å². The maximum absolute atomic E-state index is 10.8. The summed E-state index contributed by atoms with van der Waals surface area (Å²) in [7, 11) is 0. The Morgan fingerprint density at radius 2 is 2.00 bits per heavy atom. The second-order valence-corrected chi connectivity index (χ2v) is 4.62. The number of aliphatic hydroxyl groups is 1. The Kier molecular flexibility index (Phi) is 5.76. The number of nitro groups is 1. The lowest BCUT2D eigenvalue weighted by Crippen LogP contribution is -2.36. The van der Waals surface area contributed by atoms with Crippen LogP contribution in [0.2, 0.25) is 0 Å². The van der Waals surface area contributed by atoms with Crippen LogP contribution in [0.3, 0.4) is 0 Å². The van der Waals surface area contributed by atoms with E-state index >= 15 is 0 Å². The average Bonchev–Trinajstić information content (AvgIpc) is 2.38. The molecule has 1 aromatic carbocycles. The normalized spacial score (nSPS) is 10.8. The molecule has 0 unspecified atom stereocenters. The summed E-state index contributed by atoms with van der Waals surface area (Å²) in [5, 5.41) is 20.0. The van der Waals surface area contributed by atoms with Crippen molar-refractivity contribution >= 4 is 11.4 Å². The molecule has 0 spiro atoms. The maximum Gasteiger partial charge on any atom is 0.272 e. The Bertz CT molecular complexity index is 431. The summed E-state index contributed by atoms with van der Waals surface area (Å²) in [6, 6.07) is 5.47. The highest BCUT2D eigenvalue weighted by Crippen LogP contribution is 2.26. The summed E-state index contributed by atoms with van der Waals surface area (Å²) in [4.78, 5) is 12.6. The Balaban J connectivity index is 3.09. The van der Waals surface area contributed by atoms with E-state index in [9.17, 15) is 15.2 Å². The third kappa shape index (κ3) is 3.67. The minimum Gasteiger partial charge on any atom is -0.395 e. The predicted octanol–water partition coefficient (Wildman–Crippen LogP) is 2.89. The fourth-order valence-electron chi connectivity index (χ4n) is 2.38. The van der Waals surface area contributed by atoms with Crippen molar-refractivity contribution < 1.29 is 10.0 Å². The van der Waals surface area contributed by atoms with Gasteiger partial charge in [0.2, 0.25) is 0 Å². The number of nitro benzene ring substituents is 1. The molecule has 0 amide bonds. The smallest absolute Gasteiger partial charge is 0.272 e. The summed E-state index contributed by atoms with van der Waals surface area (Å²) in [5.74, 6) is 0. The Labute approximate surface area is 114 Å². The number of hydrogen-bond donors (Lipinski definition) is 1. The molecule has 1 aromatic rings. The van der Waals surface area contributed by atoms with Gasteiger partial charge in [-0.15, -0.1) is 0 Å². The minimum absolute atomic E-state index is 0.0759. The van der Waals surface area contributed by atoms with Gasteiger partial charge in [0.1, 0.15) is 0 Å². The molecule has 1 N–H and O–H groups in total. The SMILES string of the molecule is CCC(CC)N(CCO)c1ccc([N+](=O)[O-])c(C)c1. The predicted molar refractivity (Wildman–Crippen MR) is 76.6 cm³/mol. The number of rotatable bonds is 7. The molecule has 0 atom stereocenters. The second-order valence-electron chi connectivity index (χ2n) is 4.62. The summed E-state index contributed by atoms with van der Waals surface area (Å²) < 4.78 is 0. The van der Waals surface area contributed by atoms with Gasteiger partial charge < -0.3 is 10.0 Å². The van der Waals surface area contributed by atoms with Crippen LogP contribution < -0.4 is 4.90 Å². The van der Waals surface area contributed by atoms with E-state index in [0.29, 0.717) is 18.2 Å². The molecule has 0 aromatic heterocycles. The standard InChI is InChI=1S/C14H22N2O3/c1-4-12(5-2)15(8-9-17)13-6-7-14(16(18)19)11(3)10-13/h6-7,10,12,17H,4-5,8-9H2,1-3H3. The molecule has 0 radical (unpaired) electrons. The van der Waals surface area contributed by atoms with Crippen molar-refractivity contribution in [2.24, 2.45) is 0 Å². The van der Waals surface area contributed by atoms with Gasteiger partial charge in [-0.1, -0.05) is 13.8 Å². The van der Waals surface area contributed by atoms with E-state index in [1.807, 2.05) is 6.07 Å². The quantitative estimate of drug-likeness (QED) is 0.608. The van der Waals surface area contributed by atoms with Gasteiger partial charge in [-0.3, -0.25) is 10.1 Å². The van der Waals surface area contributed by atoms with Crippen LogP contribution >= 0.6 is 0 Å². The third-order valence-corrected chi connectivity index (χ3v) is 3.43. The van der Waals surface area contributed by atoms with Gasteiger partial charge in [-0.2, -0.15) is 0 Å².